The number of fused-ring (bicyclic) bond motifs is 1. The Hall–Kier alpha value is -1.77. The third-order valence-corrected chi connectivity index (χ3v) is 3.59. The zero-order chi connectivity index (χ0) is 13.4. The van der Waals surface area contributed by atoms with E-state index >= 15 is 0 Å². The highest BCUT2D eigenvalue weighted by molar-refractivity contribution is 5.94. The quantitative estimate of drug-likeness (QED) is 0.908. The Kier molecular flexibility index (Phi) is 3.05. The van der Waals surface area contributed by atoms with Crippen LogP contribution in [-0.2, 0) is 0 Å². The molecular weight excluding hydrogens is 234 g/mol. The van der Waals surface area contributed by atoms with Crippen LogP contribution in [-0.4, -0.2) is 24.1 Å². The molecule has 3 rings (SSSR count). The van der Waals surface area contributed by atoms with Gasteiger partial charge in [-0.3, -0.25) is 4.98 Å². The molecule has 0 radical (unpaired) electrons. The molecule has 0 unspecified atom stereocenters. The third-order valence-electron chi connectivity index (χ3n) is 3.59. The monoisotopic (exact) mass is 255 g/mol. The van der Waals surface area contributed by atoms with Gasteiger partial charge >= 0.3 is 0 Å². The number of rotatable bonds is 3. The van der Waals surface area contributed by atoms with Crippen LogP contribution >= 0.6 is 0 Å². The second kappa shape index (κ2) is 4.72. The maximum Gasteiger partial charge on any atom is 0.0727 e. The Morgan fingerprint density at radius 3 is 2.63 bits per heavy atom. The van der Waals surface area contributed by atoms with E-state index in [1.54, 1.807) is 0 Å². The molecule has 100 valence electrons. The van der Waals surface area contributed by atoms with Crippen molar-refractivity contribution in [2.24, 2.45) is 0 Å². The predicted molar refractivity (Wildman–Crippen MR) is 82.1 cm³/mol. The minimum absolute atomic E-state index is 0.428. The third kappa shape index (κ3) is 2.37. The van der Waals surface area contributed by atoms with Crippen molar-refractivity contribution >= 4 is 22.3 Å². The molecule has 1 fully saturated rings. The summed E-state index contributed by atoms with van der Waals surface area (Å²) in [6.07, 6.45) is 1.31. The van der Waals surface area contributed by atoms with Gasteiger partial charge in [-0.2, -0.15) is 0 Å². The van der Waals surface area contributed by atoms with Gasteiger partial charge in [0.15, 0.2) is 0 Å². The van der Waals surface area contributed by atoms with Crippen LogP contribution in [0.15, 0.2) is 24.3 Å². The first kappa shape index (κ1) is 12.3. The molecule has 1 aliphatic heterocycles. The van der Waals surface area contributed by atoms with Crippen LogP contribution in [0, 0.1) is 6.92 Å². The second-order valence-electron chi connectivity index (χ2n) is 5.65. The topological polar surface area (TPSA) is 28.2 Å². The summed E-state index contributed by atoms with van der Waals surface area (Å²) >= 11 is 0. The maximum absolute atomic E-state index is 4.63. The zero-order valence-corrected chi connectivity index (χ0v) is 11.9. The smallest absolute Gasteiger partial charge is 0.0727 e. The molecule has 3 heteroatoms. The maximum atomic E-state index is 4.63. The van der Waals surface area contributed by atoms with Crippen molar-refractivity contribution in [2.75, 3.05) is 23.3 Å². The first-order chi connectivity index (χ1) is 9.13. The summed E-state index contributed by atoms with van der Waals surface area (Å²) in [5.41, 5.74) is 4.65. The highest BCUT2D eigenvalue weighted by Crippen LogP contribution is 2.30. The molecular formula is C16H21N3. The van der Waals surface area contributed by atoms with Crippen molar-refractivity contribution in [3.63, 3.8) is 0 Å². The molecule has 3 nitrogen and oxygen atoms in total. The molecule has 1 saturated heterocycles. The van der Waals surface area contributed by atoms with E-state index in [4.69, 9.17) is 0 Å². The summed E-state index contributed by atoms with van der Waals surface area (Å²) in [7, 11) is 0. The van der Waals surface area contributed by atoms with Crippen molar-refractivity contribution in [1.29, 1.82) is 0 Å². The lowest BCUT2D eigenvalue weighted by molar-refractivity contribution is 0.618. The molecule has 1 aliphatic rings. The SMILES string of the molecule is Cc1cc(NC(C)C)c2cc(N3CCC3)ccc2n1. The molecule has 0 spiro atoms. The van der Waals surface area contributed by atoms with E-state index in [1.165, 1.54) is 36.3 Å². The van der Waals surface area contributed by atoms with Gasteiger partial charge in [-0.15, -0.1) is 0 Å². The number of hydrogen-bond donors (Lipinski definition) is 1. The molecule has 19 heavy (non-hydrogen) atoms. The molecule has 0 amide bonds. The van der Waals surface area contributed by atoms with Gasteiger partial charge in [0.1, 0.15) is 0 Å². The van der Waals surface area contributed by atoms with Gasteiger partial charge in [0.2, 0.25) is 0 Å². The van der Waals surface area contributed by atoms with Gasteiger partial charge in [-0.05, 0) is 51.5 Å². The van der Waals surface area contributed by atoms with Crippen LogP contribution in [0.3, 0.4) is 0 Å². The summed E-state index contributed by atoms with van der Waals surface area (Å²) in [5.74, 6) is 0. The summed E-state index contributed by atoms with van der Waals surface area (Å²) < 4.78 is 0. The Morgan fingerprint density at radius 1 is 1.21 bits per heavy atom. The molecule has 0 aliphatic carbocycles. The normalized spacial score (nSPS) is 14.8. The summed E-state index contributed by atoms with van der Waals surface area (Å²) in [6, 6.07) is 9.17. The molecule has 0 bridgehead atoms. The fraction of sp³-hybridized carbons (Fsp3) is 0.438. The minimum atomic E-state index is 0.428. The lowest BCUT2D eigenvalue weighted by atomic mass is 10.1. The van der Waals surface area contributed by atoms with Crippen molar-refractivity contribution in [1.82, 2.24) is 4.98 Å². The summed E-state index contributed by atoms with van der Waals surface area (Å²) in [6.45, 7) is 8.74. The lowest BCUT2D eigenvalue weighted by Gasteiger charge is -2.33. The van der Waals surface area contributed by atoms with Crippen LogP contribution in [0.2, 0.25) is 0 Å². The van der Waals surface area contributed by atoms with Crippen molar-refractivity contribution in [2.45, 2.75) is 33.2 Å². The molecule has 2 heterocycles. The molecule has 1 N–H and O–H groups in total. The molecule has 1 aromatic heterocycles. The number of nitrogens with one attached hydrogen (secondary N) is 1. The number of nitrogens with zero attached hydrogens (tertiary/aromatic N) is 2. The number of aryl methyl sites for hydroxylation is 1. The standard InChI is InChI=1S/C16H21N3/c1-11(2)17-16-9-12(3)18-15-6-5-13(10-14(15)16)19-7-4-8-19/h5-6,9-11H,4,7-8H2,1-3H3,(H,17,18). The molecule has 2 aromatic rings. The molecule has 1 aromatic carbocycles. The predicted octanol–water partition coefficient (Wildman–Crippen LogP) is 3.57. The van der Waals surface area contributed by atoms with Crippen LogP contribution < -0.4 is 10.2 Å². The van der Waals surface area contributed by atoms with E-state index in [9.17, 15) is 0 Å². The van der Waals surface area contributed by atoms with Crippen molar-refractivity contribution < 1.29 is 0 Å². The van der Waals surface area contributed by atoms with Crippen LogP contribution in [0.4, 0.5) is 11.4 Å². The van der Waals surface area contributed by atoms with Crippen molar-refractivity contribution in [3.8, 4) is 0 Å². The summed E-state index contributed by atoms with van der Waals surface area (Å²) in [4.78, 5) is 7.04. The molecule has 0 saturated carbocycles. The van der Waals surface area contributed by atoms with E-state index in [1.807, 2.05) is 6.92 Å². The average Bonchev–Trinajstić information content (AvgIpc) is 2.26. The zero-order valence-electron chi connectivity index (χ0n) is 11.9. The summed E-state index contributed by atoms with van der Waals surface area (Å²) in [5, 5.41) is 4.76. The largest absolute Gasteiger partial charge is 0.382 e. The Labute approximate surface area is 114 Å². The van der Waals surface area contributed by atoms with Crippen LogP contribution in [0.5, 0.6) is 0 Å². The van der Waals surface area contributed by atoms with Gasteiger partial charge in [-0.25, -0.2) is 0 Å². The fourth-order valence-corrected chi connectivity index (χ4v) is 2.55. The number of anilines is 2. The second-order valence-corrected chi connectivity index (χ2v) is 5.65. The van der Waals surface area contributed by atoms with Crippen LogP contribution in [0.1, 0.15) is 26.0 Å². The van der Waals surface area contributed by atoms with Gasteiger partial charge in [0, 0.05) is 41.6 Å². The van der Waals surface area contributed by atoms with E-state index in [0.29, 0.717) is 6.04 Å². The first-order valence-corrected chi connectivity index (χ1v) is 7.06. The highest BCUT2D eigenvalue weighted by Gasteiger charge is 2.15. The van der Waals surface area contributed by atoms with Crippen LogP contribution in [0.25, 0.3) is 10.9 Å². The number of pyridine rings is 1. The van der Waals surface area contributed by atoms with Gasteiger partial charge in [0.05, 0.1) is 5.52 Å². The Balaban J connectivity index is 2.10. The van der Waals surface area contributed by atoms with Gasteiger partial charge in [0.25, 0.3) is 0 Å². The first-order valence-electron chi connectivity index (χ1n) is 7.06. The van der Waals surface area contributed by atoms with E-state index in [-0.39, 0.29) is 0 Å². The van der Waals surface area contributed by atoms with E-state index in [2.05, 4.69) is 53.3 Å². The number of aromatic nitrogens is 1. The molecule has 0 atom stereocenters. The Bertz CT molecular complexity index is 600. The van der Waals surface area contributed by atoms with Crippen molar-refractivity contribution in [3.05, 3.63) is 30.0 Å². The van der Waals surface area contributed by atoms with Gasteiger partial charge < -0.3 is 10.2 Å². The van der Waals surface area contributed by atoms with Gasteiger partial charge in [-0.1, -0.05) is 0 Å². The average molecular weight is 255 g/mol. The minimum Gasteiger partial charge on any atom is -0.382 e. The Morgan fingerprint density at radius 2 is 2.00 bits per heavy atom. The van der Waals surface area contributed by atoms with E-state index < -0.39 is 0 Å². The lowest BCUT2D eigenvalue weighted by Crippen LogP contribution is -2.36. The fourth-order valence-electron chi connectivity index (χ4n) is 2.55. The highest BCUT2D eigenvalue weighted by atomic mass is 15.2. The number of benzene rings is 1. The van der Waals surface area contributed by atoms with E-state index in [0.717, 1.165) is 11.2 Å². The number of hydrogen-bond acceptors (Lipinski definition) is 3.